The monoisotopic (exact) mass is 391 g/mol. The zero-order chi connectivity index (χ0) is 21.0. The second-order valence-corrected chi connectivity index (χ2v) is 6.69. The van der Waals surface area contributed by atoms with Crippen molar-refractivity contribution in [3.8, 4) is 0 Å². The lowest BCUT2D eigenvalue weighted by atomic mass is 10.0. The molecular formula is C23H21NO5. The van der Waals surface area contributed by atoms with Crippen LogP contribution in [0.2, 0.25) is 0 Å². The first kappa shape index (κ1) is 20.1. The number of esters is 1. The van der Waals surface area contributed by atoms with Gasteiger partial charge in [-0.1, -0.05) is 24.3 Å². The Hall–Kier alpha value is -3.67. The summed E-state index contributed by atoms with van der Waals surface area (Å²) in [7, 11) is 0. The number of furan rings is 1. The van der Waals surface area contributed by atoms with Gasteiger partial charge < -0.3 is 14.5 Å². The molecule has 1 aromatic heterocycles. The molecule has 1 N–H and O–H groups in total. The zero-order valence-corrected chi connectivity index (χ0v) is 16.4. The van der Waals surface area contributed by atoms with Crippen LogP contribution < -0.4 is 5.32 Å². The molecule has 0 saturated carbocycles. The van der Waals surface area contributed by atoms with E-state index in [1.807, 2.05) is 19.9 Å². The molecule has 0 fully saturated rings. The normalized spacial score (nSPS) is 11.6. The van der Waals surface area contributed by atoms with Gasteiger partial charge >= 0.3 is 5.97 Å². The van der Waals surface area contributed by atoms with E-state index in [4.69, 9.17) is 9.15 Å². The van der Waals surface area contributed by atoms with Gasteiger partial charge in [0.1, 0.15) is 0 Å². The molecule has 6 nitrogen and oxygen atoms in total. The minimum Gasteiger partial charge on any atom is -0.459 e. The van der Waals surface area contributed by atoms with Gasteiger partial charge in [0.05, 0.1) is 17.5 Å². The number of rotatable bonds is 6. The number of benzene rings is 2. The van der Waals surface area contributed by atoms with Gasteiger partial charge in [-0.05, 0) is 62.2 Å². The highest BCUT2D eigenvalue weighted by Gasteiger charge is 2.23. The van der Waals surface area contributed by atoms with Crippen molar-refractivity contribution in [3.63, 3.8) is 0 Å². The van der Waals surface area contributed by atoms with Gasteiger partial charge in [-0.3, -0.25) is 9.59 Å². The fourth-order valence-electron chi connectivity index (χ4n) is 2.77. The third-order valence-corrected chi connectivity index (χ3v) is 4.58. The summed E-state index contributed by atoms with van der Waals surface area (Å²) in [6.45, 7) is 5.40. The van der Waals surface area contributed by atoms with Gasteiger partial charge in [-0.2, -0.15) is 0 Å². The molecule has 148 valence electrons. The summed E-state index contributed by atoms with van der Waals surface area (Å²) in [5, 5.41) is 2.62. The summed E-state index contributed by atoms with van der Waals surface area (Å²) in [5.74, 6) is -1.37. The van der Waals surface area contributed by atoms with E-state index in [9.17, 15) is 14.4 Å². The van der Waals surface area contributed by atoms with Crippen LogP contribution in [0.5, 0.6) is 0 Å². The van der Waals surface area contributed by atoms with Crippen molar-refractivity contribution in [3.05, 3.63) is 88.9 Å². The van der Waals surface area contributed by atoms with Crippen LogP contribution in [0.25, 0.3) is 0 Å². The minimum absolute atomic E-state index is 0.117. The van der Waals surface area contributed by atoms with Crippen LogP contribution >= 0.6 is 0 Å². The Bertz CT molecular complexity index is 1050. The van der Waals surface area contributed by atoms with Crippen molar-refractivity contribution in [1.29, 1.82) is 0 Å². The fourth-order valence-corrected chi connectivity index (χ4v) is 2.77. The maximum absolute atomic E-state index is 12.7. The minimum atomic E-state index is -0.974. The van der Waals surface area contributed by atoms with Crippen LogP contribution in [0.1, 0.15) is 49.3 Å². The molecule has 0 aliphatic rings. The van der Waals surface area contributed by atoms with Gasteiger partial charge in [0.25, 0.3) is 5.91 Å². The average Bonchev–Trinajstić information content (AvgIpc) is 3.25. The molecular weight excluding hydrogens is 370 g/mol. The number of nitrogens with one attached hydrogen (secondary N) is 1. The first-order valence-corrected chi connectivity index (χ1v) is 9.13. The molecule has 0 aliphatic heterocycles. The second kappa shape index (κ2) is 8.56. The Morgan fingerprint density at radius 1 is 0.966 bits per heavy atom. The molecule has 0 aliphatic carbocycles. The molecule has 3 rings (SSSR count). The number of para-hydroxylation sites is 1. The highest BCUT2D eigenvalue weighted by Crippen LogP contribution is 2.19. The van der Waals surface area contributed by atoms with E-state index < -0.39 is 18.0 Å². The number of anilines is 1. The standard InChI is InChI=1S/C23H21NO5/c1-14-10-11-17(13-15(14)2)21(25)16(3)29-23(27)18-7-4-5-8-19(18)24-22(26)20-9-6-12-28-20/h4-13,16H,1-3H3,(H,24,26)/t16-/m1/s1. The zero-order valence-electron chi connectivity index (χ0n) is 16.4. The molecule has 0 radical (unpaired) electrons. The van der Waals surface area contributed by atoms with Crippen molar-refractivity contribution in [2.45, 2.75) is 26.9 Å². The van der Waals surface area contributed by atoms with Gasteiger partial charge in [-0.15, -0.1) is 0 Å². The van der Waals surface area contributed by atoms with Gasteiger partial charge in [0, 0.05) is 5.56 Å². The summed E-state index contributed by atoms with van der Waals surface area (Å²) >= 11 is 0. The SMILES string of the molecule is Cc1ccc(C(=O)[C@@H](C)OC(=O)c2ccccc2NC(=O)c2ccco2)cc1C. The highest BCUT2D eigenvalue weighted by molar-refractivity contribution is 6.07. The van der Waals surface area contributed by atoms with E-state index in [0.29, 0.717) is 5.56 Å². The van der Waals surface area contributed by atoms with Crippen LogP contribution in [0.15, 0.2) is 65.3 Å². The van der Waals surface area contributed by atoms with E-state index in [1.165, 1.54) is 25.3 Å². The van der Waals surface area contributed by atoms with E-state index in [1.54, 1.807) is 36.4 Å². The van der Waals surface area contributed by atoms with Crippen LogP contribution in [-0.4, -0.2) is 23.8 Å². The third kappa shape index (κ3) is 4.60. The van der Waals surface area contributed by atoms with Crippen LogP contribution in [0, 0.1) is 13.8 Å². The Morgan fingerprint density at radius 2 is 1.72 bits per heavy atom. The quantitative estimate of drug-likeness (QED) is 0.491. The fraction of sp³-hybridized carbons (Fsp3) is 0.174. The van der Waals surface area contributed by atoms with Gasteiger partial charge in [0.15, 0.2) is 11.9 Å². The molecule has 1 atom stereocenters. The van der Waals surface area contributed by atoms with Crippen LogP contribution in [0.3, 0.4) is 0 Å². The Labute approximate surface area is 168 Å². The van der Waals surface area contributed by atoms with Crippen LogP contribution in [-0.2, 0) is 4.74 Å². The number of ether oxygens (including phenoxy) is 1. The second-order valence-electron chi connectivity index (χ2n) is 6.69. The smallest absolute Gasteiger partial charge is 0.340 e. The topological polar surface area (TPSA) is 85.6 Å². The number of Topliss-reactive ketones (excluding diaryl/α,β-unsaturated/α-hetero) is 1. The molecule has 1 amide bonds. The Morgan fingerprint density at radius 3 is 2.41 bits per heavy atom. The number of aryl methyl sites for hydroxylation is 2. The van der Waals surface area contributed by atoms with Crippen molar-refractivity contribution in [2.75, 3.05) is 5.32 Å². The number of hydrogen-bond donors (Lipinski definition) is 1. The lowest BCUT2D eigenvalue weighted by Gasteiger charge is -2.15. The molecule has 0 saturated heterocycles. The number of hydrogen-bond acceptors (Lipinski definition) is 5. The maximum atomic E-state index is 12.7. The van der Waals surface area contributed by atoms with Crippen LogP contribution in [0.4, 0.5) is 5.69 Å². The van der Waals surface area contributed by atoms with E-state index in [0.717, 1.165) is 11.1 Å². The lowest BCUT2D eigenvalue weighted by molar-refractivity contribution is 0.0320. The van der Waals surface area contributed by atoms with E-state index >= 15 is 0 Å². The molecule has 0 bridgehead atoms. The number of amides is 1. The van der Waals surface area contributed by atoms with Crippen molar-refractivity contribution in [2.24, 2.45) is 0 Å². The average molecular weight is 391 g/mol. The molecule has 2 aromatic carbocycles. The molecule has 3 aromatic rings. The summed E-state index contributed by atoms with van der Waals surface area (Å²) in [4.78, 5) is 37.5. The lowest BCUT2D eigenvalue weighted by Crippen LogP contribution is -2.25. The van der Waals surface area contributed by atoms with E-state index in [-0.39, 0.29) is 22.8 Å². The van der Waals surface area contributed by atoms with Crippen molar-refractivity contribution in [1.82, 2.24) is 0 Å². The Balaban J connectivity index is 1.74. The number of carbonyl (C=O) groups is 3. The van der Waals surface area contributed by atoms with E-state index in [2.05, 4.69) is 5.32 Å². The summed E-state index contributed by atoms with van der Waals surface area (Å²) < 4.78 is 10.4. The number of carbonyl (C=O) groups excluding carboxylic acids is 3. The molecule has 6 heteroatoms. The summed E-state index contributed by atoms with van der Waals surface area (Å²) in [6.07, 6.45) is 0.410. The molecule has 0 spiro atoms. The molecule has 1 heterocycles. The van der Waals surface area contributed by atoms with Gasteiger partial charge in [-0.25, -0.2) is 4.79 Å². The maximum Gasteiger partial charge on any atom is 0.340 e. The number of ketones is 1. The first-order valence-electron chi connectivity index (χ1n) is 9.13. The highest BCUT2D eigenvalue weighted by atomic mass is 16.5. The molecule has 0 unspecified atom stereocenters. The first-order chi connectivity index (χ1) is 13.9. The summed E-state index contributed by atoms with van der Waals surface area (Å²) in [6, 6.07) is 14.9. The van der Waals surface area contributed by atoms with Crippen molar-refractivity contribution < 1.29 is 23.5 Å². The van der Waals surface area contributed by atoms with Gasteiger partial charge in [0.2, 0.25) is 5.78 Å². The Kier molecular flexibility index (Phi) is 5.93. The van der Waals surface area contributed by atoms with Crippen molar-refractivity contribution >= 4 is 23.3 Å². The molecule has 29 heavy (non-hydrogen) atoms. The largest absolute Gasteiger partial charge is 0.459 e. The summed E-state index contributed by atoms with van der Waals surface area (Å²) in [5.41, 5.74) is 2.96. The predicted octanol–water partition coefficient (Wildman–Crippen LogP) is 4.58. The third-order valence-electron chi connectivity index (χ3n) is 4.58. The predicted molar refractivity (Wildman–Crippen MR) is 108 cm³/mol.